The van der Waals surface area contributed by atoms with Crippen molar-refractivity contribution in [1.29, 1.82) is 0 Å². The van der Waals surface area contributed by atoms with Gasteiger partial charge in [0.15, 0.2) is 0 Å². The number of nitrogens with one attached hydrogen (secondary N) is 1. The smallest absolute Gasteiger partial charge is 0.259 e. The number of aromatic nitrogens is 1. The molecule has 0 fully saturated rings. The average Bonchev–Trinajstić information content (AvgIpc) is 2.30. The maximum Gasteiger partial charge on any atom is 0.259 e. The number of halogens is 3. The lowest BCUT2D eigenvalue weighted by molar-refractivity contribution is 0.102. The number of amides is 1. The van der Waals surface area contributed by atoms with Gasteiger partial charge in [-0.05, 0) is 40.2 Å². The van der Waals surface area contributed by atoms with E-state index in [4.69, 9.17) is 28.9 Å². The lowest BCUT2D eigenvalue weighted by Crippen LogP contribution is -2.14. The molecule has 1 aromatic carbocycles. The van der Waals surface area contributed by atoms with Gasteiger partial charge in [0.05, 0.1) is 5.56 Å². The molecule has 1 aromatic heterocycles. The summed E-state index contributed by atoms with van der Waals surface area (Å²) in [4.78, 5) is 16.0. The van der Waals surface area contributed by atoms with Gasteiger partial charge in [-0.3, -0.25) is 4.79 Å². The zero-order chi connectivity index (χ0) is 14.0. The number of benzene rings is 1. The van der Waals surface area contributed by atoms with E-state index in [1.165, 1.54) is 6.20 Å². The first-order chi connectivity index (χ1) is 8.95. The minimum Gasteiger partial charge on any atom is -0.383 e. The van der Waals surface area contributed by atoms with Crippen molar-refractivity contribution in [3.8, 4) is 0 Å². The SMILES string of the molecule is Nc1ncc(Br)cc1C(=O)Nc1cc(Cl)cc(Cl)c1. The highest BCUT2D eigenvalue weighted by atomic mass is 79.9. The highest BCUT2D eigenvalue weighted by molar-refractivity contribution is 9.10. The number of carbonyl (C=O) groups excluding carboxylic acids is 1. The van der Waals surface area contributed by atoms with Crippen molar-refractivity contribution in [3.63, 3.8) is 0 Å². The molecule has 2 rings (SSSR count). The van der Waals surface area contributed by atoms with Crippen LogP contribution in [0.5, 0.6) is 0 Å². The molecule has 1 heterocycles. The Kier molecular flexibility index (Phi) is 4.29. The number of nitrogens with two attached hydrogens (primary N) is 1. The lowest BCUT2D eigenvalue weighted by Gasteiger charge is -2.08. The van der Waals surface area contributed by atoms with Crippen molar-refractivity contribution in [2.45, 2.75) is 0 Å². The van der Waals surface area contributed by atoms with Gasteiger partial charge in [0.25, 0.3) is 5.91 Å². The van der Waals surface area contributed by atoms with Crippen LogP contribution in [0.15, 0.2) is 34.9 Å². The number of carbonyl (C=O) groups is 1. The quantitative estimate of drug-likeness (QED) is 0.850. The predicted octanol–water partition coefficient (Wildman–Crippen LogP) is 3.99. The Hall–Kier alpha value is -1.30. The average molecular weight is 361 g/mol. The molecule has 0 aliphatic heterocycles. The van der Waals surface area contributed by atoms with Crippen molar-refractivity contribution in [2.75, 3.05) is 11.1 Å². The summed E-state index contributed by atoms with van der Waals surface area (Å²) >= 11 is 14.9. The summed E-state index contributed by atoms with van der Waals surface area (Å²) < 4.78 is 0.663. The van der Waals surface area contributed by atoms with Gasteiger partial charge in [-0.2, -0.15) is 0 Å². The molecule has 0 saturated carbocycles. The van der Waals surface area contributed by atoms with E-state index in [1.807, 2.05) is 0 Å². The number of nitrogens with zero attached hydrogens (tertiary/aromatic N) is 1. The van der Waals surface area contributed by atoms with E-state index in [9.17, 15) is 4.79 Å². The Balaban J connectivity index is 2.28. The molecule has 1 amide bonds. The number of nitrogen functional groups attached to an aromatic ring is 1. The van der Waals surface area contributed by atoms with E-state index in [-0.39, 0.29) is 17.3 Å². The fourth-order valence-corrected chi connectivity index (χ4v) is 2.31. The molecule has 0 aliphatic carbocycles. The number of pyridine rings is 1. The molecule has 3 N–H and O–H groups in total. The van der Waals surface area contributed by atoms with Crippen LogP contribution < -0.4 is 11.1 Å². The molecule has 0 spiro atoms. The van der Waals surface area contributed by atoms with Crippen molar-refractivity contribution in [1.82, 2.24) is 4.98 Å². The topological polar surface area (TPSA) is 68.0 Å². The molecule has 0 atom stereocenters. The summed E-state index contributed by atoms with van der Waals surface area (Å²) in [5, 5.41) is 3.53. The zero-order valence-electron chi connectivity index (χ0n) is 9.45. The van der Waals surface area contributed by atoms with Gasteiger partial charge in [0, 0.05) is 26.4 Å². The van der Waals surface area contributed by atoms with E-state index in [0.717, 1.165) is 0 Å². The number of anilines is 2. The maximum atomic E-state index is 12.1. The first kappa shape index (κ1) is 14.1. The highest BCUT2D eigenvalue weighted by Gasteiger charge is 2.12. The lowest BCUT2D eigenvalue weighted by atomic mass is 10.2. The third-order valence-corrected chi connectivity index (χ3v) is 3.12. The monoisotopic (exact) mass is 359 g/mol. The summed E-state index contributed by atoms with van der Waals surface area (Å²) in [6, 6.07) is 6.34. The number of rotatable bonds is 2. The van der Waals surface area contributed by atoms with Crippen LogP contribution in [0.3, 0.4) is 0 Å². The van der Waals surface area contributed by atoms with E-state index < -0.39 is 0 Å². The minimum atomic E-state index is -0.385. The van der Waals surface area contributed by atoms with Gasteiger partial charge in [-0.25, -0.2) is 4.98 Å². The van der Waals surface area contributed by atoms with Crippen LogP contribution in [0.2, 0.25) is 10.0 Å². The first-order valence-corrected chi connectivity index (χ1v) is 6.69. The summed E-state index contributed by atoms with van der Waals surface area (Å²) in [6.07, 6.45) is 1.52. The van der Waals surface area contributed by atoms with E-state index in [0.29, 0.717) is 20.2 Å². The molecule has 0 radical (unpaired) electrons. The van der Waals surface area contributed by atoms with Gasteiger partial charge < -0.3 is 11.1 Å². The van der Waals surface area contributed by atoms with Crippen LogP contribution in [0.4, 0.5) is 11.5 Å². The Labute approximate surface area is 128 Å². The molecular formula is C12H8BrCl2N3O. The van der Waals surface area contributed by atoms with Crippen molar-refractivity contribution >= 4 is 56.5 Å². The van der Waals surface area contributed by atoms with Crippen LogP contribution in [-0.4, -0.2) is 10.9 Å². The van der Waals surface area contributed by atoms with Gasteiger partial charge in [0.1, 0.15) is 5.82 Å². The molecule has 7 heteroatoms. The van der Waals surface area contributed by atoms with Crippen LogP contribution in [0.1, 0.15) is 10.4 Å². The second kappa shape index (κ2) is 5.77. The highest BCUT2D eigenvalue weighted by Crippen LogP contribution is 2.23. The summed E-state index contributed by atoms with van der Waals surface area (Å²) in [5.74, 6) is -0.238. The maximum absolute atomic E-state index is 12.1. The van der Waals surface area contributed by atoms with Gasteiger partial charge in [-0.15, -0.1) is 0 Å². The second-order valence-electron chi connectivity index (χ2n) is 3.70. The van der Waals surface area contributed by atoms with Crippen LogP contribution in [-0.2, 0) is 0 Å². The van der Waals surface area contributed by atoms with Gasteiger partial charge in [0.2, 0.25) is 0 Å². The number of hydrogen-bond acceptors (Lipinski definition) is 3. The van der Waals surface area contributed by atoms with E-state index >= 15 is 0 Å². The molecule has 4 nitrogen and oxygen atoms in total. The summed E-state index contributed by atoms with van der Waals surface area (Å²) in [7, 11) is 0. The minimum absolute atomic E-state index is 0.147. The fraction of sp³-hybridized carbons (Fsp3) is 0. The second-order valence-corrected chi connectivity index (χ2v) is 5.49. The van der Waals surface area contributed by atoms with Crippen molar-refractivity contribution in [3.05, 3.63) is 50.5 Å². The Bertz CT molecular complexity index is 629. The van der Waals surface area contributed by atoms with Gasteiger partial charge >= 0.3 is 0 Å². The molecule has 0 aliphatic rings. The van der Waals surface area contributed by atoms with Crippen molar-refractivity contribution < 1.29 is 4.79 Å². The molecule has 98 valence electrons. The van der Waals surface area contributed by atoms with E-state index in [2.05, 4.69) is 26.2 Å². The third-order valence-electron chi connectivity index (χ3n) is 2.25. The third kappa shape index (κ3) is 3.59. The zero-order valence-corrected chi connectivity index (χ0v) is 12.6. The number of hydrogen-bond donors (Lipinski definition) is 2. The van der Waals surface area contributed by atoms with Crippen molar-refractivity contribution in [2.24, 2.45) is 0 Å². The van der Waals surface area contributed by atoms with Crippen LogP contribution in [0.25, 0.3) is 0 Å². The molecule has 0 unspecified atom stereocenters. The van der Waals surface area contributed by atoms with Crippen LogP contribution in [0, 0.1) is 0 Å². The summed E-state index contributed by atoms with van der Waals surface area (Å²) in [5.41, 5.74) is 6.42. The normalized spacial score (nSPS) is 10.3. The molecule has 19 heavy (non-hydrogen) atoms. The Morgan fingerprint density at radius 2 is 1.84 bits per heavy atom. The molecule has 2 aromatic rings. The molecule has 0 bridgehead atoms. The molecular weight excluding hydrogens is 353 g/mol. The standard InChI is InChI=1S/C12H8BrCl2N3O/c13-6-1-10(11(16)17-5-6)12(19)18-9-3-7(14)2-8(15)4-9/h1-5H,(H2,16,17)(H,18,19). The molecule has 0 saturated heterocycles. The van der Waals surface area contributed by atoms with Gasteiger partial charge in [-0.1, -0.05) is 23.2 Å². The largest absolute Gasteiger partial charge is 0.383 e. The van der Waals surface area contributed by atoms with Crippen LogP contribution >= 0.6 is 39.1 Å². The Morgan fingerprint density at radius 3 is 2.47 bits per heavy atom. The summed E-state index contributed by atoms with van der Waals surface area (Å²) in [6.45, 7) is 0. The van der Waals surface area contributed by atoms with E-state index in [1.54, 1.807) is 24.3 Å². The first-order valence-electron chi connectivity index (χ1n) is 5.14. The fourth-order valence-electron chi connectivity index (χ4n) is 1.46. The predicted molar refractivity (Wildman–Crippen MR) is 80.8 cm³/mol. The Morgan fingerprint density at radius 1 is 1.21 bits per heavy atom.